The summed E-state index contributed by atoms with van der Waals surface area (Å²) < 4.78 is 5.36. The van der Waals surface area contributed by atoms with Crippen LogP contribution in [0, 0.1) is 0 Å². The van der Waals surface area contributed by atoms with E-state index in [2.05, 4.69) is 133 Å². The molecular formula is C24H27NS2Sn. The van der Waals surface area contributed by atoms with Crippen molar-refractivity contribution in [1.82, 2.24) is 4.90 Å². The first-order valence-corrected chi connectivity index (χ1v) is 17.9. The van der Waals surface area contributed by atoms with Gasteiger partial charge < -0.3 is 0 Å². The molecule has 4 rings (SSSR count). The molecule has 3 aromatic carbocycles. The minimum absolute atomic E-state index is 0.607. The summed E-state index contributed by atoms with van der Waals surface area (Å²) in [7, 11) is 0. The van der Waals surface area contributed by atoms with E-state index in [1.165, 1.54) is 0 Å². The Bertz CT molecular complexity index is 766. The summed E-state index contributed by atoms with van der Waals surface area (Å²) in [5, 5.41) is 0. The molecule has 4 heteroatoms. The van der Waals surface area contributed by atoms with E-state index in [0.29, 0.717) is 8.64 Å². The molecule has 1 nitrogen and oxygen atoms in total. The second kappa shape index (κ2) is 9.29. The molecule has 0 N–H and O–H groups in total. The molecule has 0 amide bonds. The molecule has 0 atom stereocenters. The monoisotopic (exact) mass is 513 g/mol. The van der Waals surface area contributed by atoms with Crippen LogP contribution in [0.1, 0.15) is 13.8 Å². The Labute approximate surface area is 181 Å². The van der Waals surface area contributed by atoms with Crippen molar-refractivity contribution in [3.63, 3.8) is 0 Å². The normalized spacial score (nSPS) is 16.4. The van der Waals surface area contributed by atoms with Gasteiger partial charge in [0, 0.05) is 0 Å². The van der Waals surface area contributed by atoms with Gasteiger partial charge >= 0.3 is 183 Å². The molecule has 1 heterocycles. The van der Waals surface area contributed by atoms with Crippen LogP contribution in [-0.4, -0.2) is 43.7 Å². The fourth-order valence-corrected chi connectivity index (χ4v) is 29.1. The Hall–Kier alpha value is -0.881. The zero-order chi connectivity index (χ0) is 19.4. The number of rotatable bonds is 5. The fraction of sp³-hybridized carbons (Fsp3) is 0.250. The molecule has 1 fully saturated rings. The third-order valence-corrected chi connectivity index (χ3v) is 28.2. The van der Waals surface area contributed by atoms with Gasteiger partial charge in [-0.3, -0.25) is 0 Å². The summed E-state index contributed by atoms with van der Waals surface area (Å²) in [5.41, 5.74) is 0. The van der Waals surface area contributed by atoms with E-state index >= 15 is 0 Å². The van der Waals surface area contributed by atoms with Crippen molar-refractivity contribution in [2.24, 2.45) is 0 Å². The first-order valence-electron chi connectivity index (χ1n) is 9.86. The van der Waals surface area contributed by atoms with E-state index < -0.39 is 18.4 Å². The Balaban J connectivity index is 1.90. The van der Waals surface area contributed by atoms with Crippen LogP contribution in [0.3, 0.4) is 0 Å². The van der Waals surface area contributed by atoms with Crippen LogP contribution in [0.5, 0.6) is 0 Å². The van der Waals surface area contributed by atoms with Gasteiger partial charge in [0.05, 0.1) is 0 Å². The van der Waals surface area contributed by atoms with Crippen LogP contribution < -0.4 is 10.7 Å². The van der Waals surface area contributed by atoms with Crippen LogP contribution in [0.2, 0.25) is 0 Å². The van der Waals surface area contributed by atoms with Crippen molar-refractivity contribution in [2.45, 2.75) is 22.5 Å². The van der Waals surface area contributed by atoms with Crippen molar-refractivity contribution in [2.75, 3.05) is 11.8 Å². The fourth-order valence-electron chi connectivity index (χ4n) is 3.97. The van der Waals surface area contributed by atoms with Crippen molar-refractivity contribution >= 4 is 52.6 Å². The summed E-state index contributed by atoms with van der Waals surface area (Å²) in [6, 6.07) is 34.8. The first kappa shape index (κ1) is 20.4. The van der Waals surface area contributed by atoms with Gasteiger partial charge in [-0.15, -0.1) is 0 Å². The van der Waals surface area contributed by atoms with E-state index in [1.54, 1.807) is 10.7 Å². The van der Waals surface area contributed by atoms with Gasteiger partial charge in [0.1, 0.15) is 0 Å². The zero-order valence-electron chi connectivity index (χ0n) is 16.5. The minimum atomic E-state index is -3.22. The third-order valence-electron chi connectivity index (χ3n) is 5.55. The van der Waals surface area contributed by atoms with E-state index in [4.69, 9.17) is 0 Å². The maximum absolute atomic E-state index is 3.22. The van der Waals surface area contributed by atoms with Crippen LogP contribution >= 0.6 is 23.5 Å². The Morgan fingerprint density at radius 2 is 1.04 bits per heavy atom. The number of nitrogens with zero attached hydrogens (tertiary/aromatic N) is 1. The van der Waals surface area contributed by atoms with Crippen LogP contribution in [-0.2, 0) is 0 Å². The van der Waals surface area contributed by atoms with Gasteiger partial charge in [0.25, 0.3) is 0 Å². The van der Waals surface area contributed by atoms with Crippen LogP contribution in [0.4, 0.5) is 0 Å². The SMILES string of the molecule is CC(C)N1CS[CH]([Sn]([c]2ccccc2)([c]2ccccc2)[c]2ccccc2)SC1. The summed E-state index contributed by atoms with van der Waals surface area (Å²) in [6.07, 6.45) is 0. The average Bonchev–Trinajstić information content (AvgIpc) is 2.77. The molecule has 1 aliphatic heterocycles. The molecule has 0 unspecified atom stereocenters. The molecule has 0 bridgehead atoms. The summed E-state index contributed by atoms with van der Waals surface area (Å²) in [5.74, 6) is 2.25. The van der Waals surface area contributed by atoms with E-state index in [1.807, 2.05) is 0 Å². The quantitative estimate of drug-likeness (QED) is 0.474. The molecule has 3 aromatic rings. The van der Waals surface area contributed by atoms with Crippen molar-refractivity contribution < 1.29 is 0 Å². The van der Waals surface area contributed by atoms with Crippen molar-refractivity contribution in [3.8, 4) is 0 Å². The molecule has 28 heavy (non-hydrogen) atoms. The number of hydrogen-bond acceptors (Lipinski definition) is 3. The zero-order valence-corrected chi connectivity index (χ0v) is 21.0. The predicted molar refractivity (Wildman–Crippen MR) is 130 cm³/mol. The number of thioether (sulfide) groups is 2. The third kappa shape index (κ3) is 3.91. The van der Waals surface area contributed by atoms with Gasteiger partial charge in [-0.2, -0.15) is 0 Å². The van der Waals surface area contributed by atoms with Gasteiger partial charge in [0.15, 0.2) is 0 Å². The first-order chi connectivity index (χ1) is 13.7. The Morgan fingerprint density at radius 1 is 0.679 bits per heavy atom. The van der Waals surface area contributed by atoms with Crippen molar-refractivity contribution in [3.05, 3.63) is 91.0 Å². The molecule has 1 saturated heterocycles. The van der Waals surface area contributed by atoms with Gasteiger partial charge in [-0.05, 0) is 0 Å². The van der Waals surface area contributed by atoms with Gasteiger partial charge in [-0.25, -0.2) is 0 Å². The van der Waals surface area contributed by atoms with E-state index in [-0.39, 0.29) is 0 Å². The topological polar surface area (TPSA) is 3.24 Å². The molecule has 0 saturated carbocycles. The second-order valence-electron chi connectivity index (χ2n) is 7.51. The molecule has 144 valence electrons. The van der Waals surface area contributed by atoms with Gasteiger partial charge in [-0.1, -0.05) is 0 Å². The standard InChI is InChI=1S/C6H12NS2.3C6H5.Sn/c1-6(2)7-3-8-5-9-4-7;3*1-2-4-6-5-3-1;/h5-6H,3-4H2,1-2H3;3*1-5H;. The van der Waals surface area contributed by atoms with E-state index in [9.17, 15) is 0 Å². The summed E-state index contributed by atoms with van der Waals surface area (Å²) >= 11 is 1.13. The molecule has 1 aliphatic rings. The Kier molecular flexibility index (Phi) is 6.77. The second-order valence-corrected chi connectivity index (χ2v) is 23.5. The summed E-state index contributed by atoms with van der Waals surface area (Å²) in [6.45, 7) is 4.62. The molecule has 0 aromatic heterocycles. The molecular weight excluding hydrogens is 485 g/mol. The Morgan fingerprint density at radius 3 is 1.36 bits per heavy atom. The maximum atomic E-state index is 2.59. The number of hydrogen-bond donors (Lipinski definition) is 0. The predicted octanol–water partition coefficient (Wildman–Crippen LogP) is 4.13. The molecule has 0 spiro atoms. The van der Waals surface area contributed by atoms with Crippen molar-refractivity contribution in [1.29, 1.82) is 0 Å². The van der Waals surface area contributed by atoms with Crippen LogP contribution in [0.25, 0.3) is 0 Å². The van der Waals surface area contributed by atoms with E-state index in [0.717, 1.165) is 11.8 Å². The summed E-state index contributed by atoms with van der Waals surface area (Å²) in [4.78, 5) is 2.59. The molecule has 0 aliphatic carbocycles. The molecule has 0 radical (unpaired) electrons. The van der Waals surface area contributed by atoms with Crippen LogP contribution in [0.15, 0.2) is 91.0 Å². The average molecular weight is 512 g/mol. The number of benzene rings is 3. The van der Waals surface area contributed by atoms with Gasteiger partial charge in [0.2, 0.25) is 0 Å².